The summed E-state index contributed by atoms with van der Waals surface area (Å²) in [5.41, 5.74) is 1.19. The number of carboxylic acids is 1. The third kappa shape index (κ3) is 2.78. The van der Waals surface area contributed by atoms with Crippen molar-refractivity contribution in [2.75, 3.05) is 0 Å². The average molecular weight is 246 g/mol. The van der Waals surface area contributed by atoms with Crippen LogP contribution in [0.2, 0.25) is 0 Å². The molecule has 0 saturated carbocycles. The number of aromatic carboxylic acids is 1. The molecule has 0 saturated heterocycles. The molecule has 0 fully saturated rings. The van der Waals surface area contributed by atoms with E-state index in [0.717, 1.165) is 5.56 Å². The molecule has 1 aromatic carbocycles. The van der Waals surface area contributed by atoms with Crippen LogP contribution in [0.3, 0.4) is 0 Å². The molecule has 0 spiro atoms. The first kappa shape index (κ1) is 12.4. The van der Waals surface area contributed by atoms with Gasteiger partial charge in [0.25, 0.3) is 0 Å². The van der Waals surface area contributed by atoms with Crippen LogP contribution in [0, 0.1) is 0 Å². The zero-order valence-electron chi connectivity index (χ0n) is 10.00. The molecule has 1 heterocycles. The summed E-state index contributed by atoms with van der Waals surface area (Å²) in [5, 5.41) is 8.92. The molecule has 2 aromatic rings. The lowest BCUT2D eigenvalue weighted by Gasteiger charge is -2.12. The van der Waals surface area contributed by atoms with Crippen LogP contribution in [0.25, 0.3) is 0 Å². The van der Waals surface area contributed by atoms with Gasteiger partial charge in [-0.2, -0.15) is 0 Å². The van der Waals surface area contributed by atoms with Crippen molar-refractivity contribution in [2.45, 2.75) is 19.6 Å². The highest BCUT2D eigenvalue weighted by molar-refractivity contribution is 5.88. The number of benzene rings is 1. The molecule has 2 rings (SSSR count). The van der Waals surface area contributed by atoms with Crippen LogP contribution in [-0.4, -0.2) is 11.1 Å². The second-order valence-corrected chi connectivity index (χ2v) is 3.93. The summed E-state index contributed by atoms with van der Waals surface area (Å²) in [6.07, 6.45) is 1.24. The molecule has 1 unspecified atom stereocenters. The first-order chi connectivity index (χ1) is 8.68. The number of ether oxygens (including phenoxy) is 1. The number of hydrogen-bond acceptors (Lipinski definition) is 3. The molecule has 0 radical (unpaired) electrons. The van der Waals surface area contributed by atoms with E-state index in [1.54, 1.807) is 0 Å². The molecule has 0 amide bonds. The minimum absolute atomic E-state index is 0.113. The van der Waals surface area contributed by atoms with E-state index in [-0.39, 0.29) is 18.3 Å². The monoisotopic (exact) mass is 246 g/mol. The van der Waals surface area contributed by atoms with Crippen LogP contribution in [0.5, 0.6) is 0 Å². The second-order valence-electron chi connectivity index (χ2n) is 3.93. The Labute approximate surface area is 105 Å². The van der Waals surface area contributed by atoms with E-state index in [0.29, 0.717) is 5.76 Å². The maximum Gasteiger partial charge on any atom is 0.339 e. The second kappa shape index (κ2) is 5.51. The van der Waals surface area contributed by atoms with Gasteiger partial charge in [-0.05, 0) is 18.6 Å². The summed E-state index contributed by atoms with van der Waals surface area (Å²) in [7, 11) is 0. The van der Waals surface area contributed by atoms with E-state index in [4.69, 9.17) is 14.3 Å². The minimum Gasteiger partial charge on any atom is -0.478 e. The van der Waals surface area contributed by atoms with Crippen molar-refractivity contribution in [1.82, 2.24) is 0 Å². The maximum absolute atomic E-state index is 10.9. The van der Waals surface area contributed by atoms with Crippen LogP contribution >= 0.6 is 0 Å². The molecule has 1 aromatic heterocycles. The van der Waals surface area contributed by atoms with Crippen molar-refractivity contribution in [3.8, 4) is 0 Å². The standard InChI is InChI=1S/C14H14O4/c1-10(11-5-3-2-4-6-11)18-9-13-12(14(15)16)7-8-17-13/h2-8,10H,9H2,1H3,(H,15,16). The van der Waals surface area contributed by atoms with E-state index in [2.05, 4.69) is 0 Å². The van der Waals surface area contributed by atoms with Crippen molar-refractivity contribution in [1.29, 1.82) is 0 Å². The zero-order valence-corrected chi connectivity index (χ0v) is 10.00. The normalized spacial score (nSPS) is 12.3. The molecule has 0 aliphatic rings. The van der Waals surface area contributed by atoms with E-state index in [1.165, 1.54) is 12.3 Å². The van der Waals surface area contributed by atoms with Gasteiger partial charge >= 0.3 is 5.97 Å². The number of hydrogen-bond donors (Lipinski definition) is 1. The summed E-state index contributed by atoms with van der Waals surface area (Å²) < 4.78 is 10.7. The van der Waals surface area contributed by atoms with Gasteiger partial charge in [-0.15, -0.1) is 0 Å². The molecule has 1 N–H and O–H groups in total. The summed E-state index contributed by atoms with van der Waals surface area (Å²) in [6.45, 7) is 2.06. The van der Waals surface area contributed by atoms with E-state index in [9.17, 15) is 4.79 Å². The molecule has 0 bridgehead atoms. The van der Waals surface area contributed by atoms with Crippen LogP contribution in [-0.2, 0) is 11.3 Å². The Hall–Kier alpha value is -2.07. The summed E-state index contributed by atoms with van der Waals surface area (Å²) in [4.78, 5) is 10.9. The Morgan fingerprint density at radius 2 is 2.06 bits per heavy atom. The Bertz CT molecular complexity index is 516. The SMILES string of the molecule is CC(OCc1occc1C(=O)O)c1ccccc1. The molecule has 1 atom stereocenters. The van der Waals surface area contributed by atoms with Crippen molar-refractivity contribution >= 4 is 5.97 Å². The lowest BCUT2D eigenvalue weighted by molar-refractivity contribution is 0.0401. The summed E-state index contributed by atoms with van der Waals surface area (Å²) in [5.74, 6) is -0.667. The van der Waals surface area contributed by atoms with Crippen LogP contribution in [0.1, 0.15) is 34.7 Å². The Morgan fingerprint density at radius 3 is 2.72 bits per heavy atom. The molecule has 0 aliphatic heterocycles. The lowest BCUT2D eigenvalue weighted by atomic mass is 10.1. The van der Waals surface area contributed by atoms with E-state index < -0.39 is 5.97 Å². The molecule has 94 valence electrons. The largest absolute Gasteiger partial charge is 0.478 e. The number of carbonyl (C=O) groups is 1. The van der Waals surface area contributed by atoms with Gasteiger partial charge in [0.15, 0.2) is 0 Å². The predicted octanol–water partition coefficient (Wildman–Crippen LogP) is 3.26. The van der Waals surface area contributed by atoms with Gasteiger partial charge < -0.3 is 14.3 Å². The van der Waals surface area contributed by atoms with Crippen molar-refractivity contribution in [3.05, 3.63) is 59.5 Å². The van der Waals surface area contributed by atoms with Gasteiger partial charge in [-0.25, -0.2) is 4.79 Å². The van der Waals surface area contributed by atoms with Gasteiger partial charge in [0, 0.05) is 0 Å². The summed E-state index contributed by atoms with van der Waals surface area (Å²) >= 11 is 0. The highest BCUT2D eigenvalue weighted by atomic mass is 16.5. The highest BCUT2D eigenvalue weighted by Crippen LogP contribution is 2.20. The molecule has 4 nitrogen and oxygen atoms in total. The maximum atomic E-state index is 10.9. The third-order valence-corrected chi connectivity index (χ3v) is 2.71. The molecule has 4 heteroatoms. The van der Waals surface area contributed by atoms with Gasteiger partial charge in [0.05, 0.1) is 12.4 Å². The Morgan fingerprint density at radius 1 is 1.33 bits per heavy atom. The summed E-state index contributed by atoms with van der Waals surface area (Å²) in [6, 6.07) is 11.2. The third-order valence-electron chi connectivity index (χ3n) is 2.71. The van der Waals surface area contributed by atoms with Crippen molar-refractivity contribution in [3.63, 3.8) is 0 Å². The Kier molecular flexibility index (Phi) is 3.79. The van der Waals surface area contributed by atoms with Gasteiger partial charge in [-0.3, -0.25) is 0 Å². The van der Waals surface area contributed by atoms with Gasteiger partial charge in [0.1, 0.15) is 17.9 Å². The number of carboxylic acid groups (broad SMARTS) is 1. The smallest absolute Gasteiger partial charge is 0.339 e. The van der Waals surface area contributed by atoms with Crippen LogP contribution in [0.15, 0.2) is 47.1 Å². The van der Waals surface area contributed by atoms with Crippen LogP contribution in [0.4, 0.5) is 0 Å². The van der Waals surface area contributed by atoms with E-state index in [1.807, 2.05) is 37.3 Å². The van der Waals surface area contributed by atoms with Gasteiger partial charge in [0.2, 0.25) is 0 Å². The quantitative estimate of drug-likeness (QED) is 0.879. The fourth-order valence-corrected chi connectivity index (χ4v) is 1.66. The van der Waals surface area contributed by atoms with Crippen molar-refractivity contribution in [2.24, 2.45) is 0 Å². The highest BCUT2D eigenvalue weighted by Gasteiger charge is 2.14. The van der Waals surface area contributed by atoms with E-state index >= 15 is 0 Å². The number of furan rings is 1. The number of rotatable bonds is 5. The topological polar surface area (TPSA) is 59.7 Å². The van der Waals surface area contributed by atoms with Crippen LogP contribution < -0.4 is 0 Å². The average Bonchev–Trinajstić information content (AvgIpc) is 2.85. The molecular formula is C14H14O4. The molecule has 0 aliphatic carbocycles. The molecule has 18 heavy (non-hydrogen) atoms. The minimum atomic E-state index is -1.00. The first-order valence-corrected chi connectivity index (χ1v) is 5.64. The fraction of sp³-hybridized carbons (Fsp3) is 0.214. The lowest BCUT2D eigenvalue weighted by Crippen LogP contribution is -2.04. The Balaban J connectivity index is 1.99. The van der Waals surface area contributed by atoms with Gasteiger partial charge in [-0.1, -0.05) is 30.3 Å². The van der Waals surface area contributed by atoms with Crippen molar-refractivity contribution < 1.29 is 19.1 Å². The first-order valence-electron chi connectivity index (χ1n) is 5.64. The predicted molar refractivity (Wildman–Crippen MR) is 65.3 cm³/mol. The zero-order chi connectivity index (χ0) is 13.0. The fourth-order valence-electron chi connectivity index (χ4n) is 1.66. The molecular weight excluding hydrogens is 232 g/mol.